The zero-order chi connectivity index (χ0) is 11.2. The van der Waals surface area contributed by atoms with E-state index in [0.717, 1.165) is 17.8 Å². The summed E-state index contributed by atoms with van der Waals surface area (Å²) in [6, 6.07) is 9.99. The summed E-state index contributed by atoms with van der Waals surface area (Å²) >= 11 is 0. The molecule has 2 heteroatoms. The molecule has 0 saturated heterocycles. The number of aliphatic hydroxyl groups is 1. The molecule has 2 N–H and O–H groups in total. The minimum absolute atomic E-state index is 0.438. The lowest BCUT2D eigenvalue weighted by Crippen LogP contribution is -2.03. The van der Waals surface area contributed by atoms with E-state index < -0.39 is 0 Å². The fourth-order valence-electron chi connectivity index (χ4n) is 1.59. The third-order valence-electron chi connectivity index (χ3n) is 2.46. The Kier molecular flexibility index (Phi) is 3.44. The van der Waals surface area contributed by atoms with Crippen LogP contribution in [0.4, 0.5) is 5.69 Å². The number of para-hydroxylation sites is 1. The molecule has 82 valence electrons. The summed E-state index contributed by atoms with van der Waals surface area (Å²) in [6.45, 7) is 0.737. The van der Waals surface area contributed by atoms with E-state index in [1.165, 1.54) is 0 Å². The molecule has 0 fully saturated rings. The third-order valence-corrected chi connectivity index (χ3v) is 2.46. The van der Waals surface area contributed by atoms with Gasteiger partial charge in [0.05, 0.1) is 0 Å². The molecule has 0 atom stereocenters. The van der Waals surface area contributed by atoms with E-state index in [2.05, 4.69) is 5.32 Å². The Labute approximate surface area is 95.6 Å². The molecular weight excluding hydrogens is 198 g/mol. The Balaban J connectivity index is 1.83. The highest BCUT2D eigenvalue weighted by molar-refractivity contribution is 5.44. The molecule has 0 spiro atoms. The number of allylic oxidation sites excluding steroid dienone is 5. The van der Waals surface area contributed by atoms with Crippen LogP contribution in [0.25, 0.3) is 0 Å². The maximum atomic E-state index is 9.76. The number of hydrogen-bond acceptors (Lipinski definition) is 2. The lowest BCUT2D eigenvalue weighted by molar-refractivity contribution is 0.389. The van der Waals surface area contributed by atoms with Crippen LogP contribution in [0.2, 0.25) is 0 Å². The van der Waals surface area contributed by atoms with Crippen molar-refractivity contribution in [3.63, 3.8) is 0 Å². The molecule has 1 aliphatic rings. The lowest BCUT2D eigenvalue weighted by Gasteiger charge is -2.06. The Hall–Kier alpha value is -1.96. The Morgan fingerprint density at radius 2 is 1.75 bits per heavy atom. The van der Waals surface area contributed by atoms with Crippen molar-refractivity contribution in [3.8, 4) is 0 Å². The smallest absolute Gasteiger partial charge is 0.101 e. The van der Waals surface area contributed by atoms with E-state index in [0.29, 0.717) is 12.2 Å². The zero-order valence-electron chi connectivity index (χ0n) is 9.06. The Morgan fingerprint density at radius 3 is 2.44 bits per heavy atom. The first kappa shape index (κ1) is 10.6. The molecule has 0 saturated carbocycles. The Morgan fingerprint density at radius 1 is 1.06 bits per heavy atom. The van der Waals surface area contributed by atoms with Crippen molar-refractivity contribution in [1.82, 2.24) is 0 Å². The van der Waals surface area contributed by atoms with Gasteiger partial charge in [0, 0.05) is 24.2 Å². The fourth-order valence-corrected chi connectivity index (χ4v) is 1.59. The van der Waals surface area contributed by atoms with Crippen LogP contribution < -0.4 is 5.32 Å². The summed E-state index contributed by atoms with van der Waals surface area (Å²) in [5, 5.41) is 13.0. The van der Waals surface area contributed by atoms with Crippen LogP contribution in [0, 0.1) is 0 Å². The van der Waals surface area contributed by atoms with E-state index in [4.69, 9.17) is 0 Å². The molecule has 0 aliphatic heterocycles. The first-order valence-electron chi connectivity index (χ1n) is 5.42. The van der Waals surface area contributed by atoms with Crippen LogP contribution in [0.3, 0.4) is 0 Å². The van der Waals surface area contributed by atoms with Crippen molar-refractivity contribution >= 4 is 5.69 Å². The van der Waals surface area contributed by atoms with Gasteiger partial charge < -0.3 is 10.4 Å². The second-order valence-electron chi connectivity index (χ2n) is 3.66. The minimum Gasteiger partial charge on any atom is -0.512 e. The number of rotatable bonds is 4. The van der Waals surface area contributed by atoms with Crippen molar-refractivity contribution in [3.05, 3.63) is 66.0 Å². The van der Waals surface area contributed by atoms with Crippen LogP contribution in [0.1, 0.15) is 6.42 Å². The maximum Gasteiger partial charge on any atom is 0.101 e. The molecule has 1 aliphatic carbocycles. The molecule has 0 heterocycles. The molecule has 0 aromatic heterocycles. The first-order chi connectivity index (χ1) is 7.86. The average molecular weight is 213 g/mol. The van der Waals surface area contributed by atoms with Gasteiger partial charge in [0.1, 0.15) is 5.76 Å². The van der Waals surface area contributed by atoms with Gasteiger partial charge in [-0.15, -0.1) is 0 Å². The van der Waals surface area contributed by atoms with E-state index in [1.807, 2.05) is 54.6 Å². The first-order valence-corrected chi connectivity index (χ1v) is 5.42. The molecular formula is C14H15NO. The standard InChI is InChI=1S/C14H15NO/c16-14(12-6-4-5-7-12)10-11-15-13-8-2-1-3-9-13/h1-9,15-16H,10-11H2. The van der Waals surface area contributed by atoms with Gasteiger partial charge in [0.15, 0.2) is 0 Å². The third kappa shape index (κ3) is 2.76. The molecule has 16 heavy (non-hydrogen) atoms. The normalized spacial score (nSPS) is 13.1. The molecule has 0 unspecified atom stereocenters. The largest absolute Gasteiger partial charge is 0.512 e. The molecule has 0 bridgehead atoms. The fraction of sp³-hybridized carbons (Fsp3) is 0.143. The van der Waals surface area contributed by atoms with Crippen LogP contribution >= 0.6 is 0 Å². The highest BCUT2D eigenvalue weighted by Crippen LogP contribution is 2.14. The molecule has 1 aromatic rings. The lowest BCUT2D eigenvalue weighted by atomic mass is 10.2. The van der Waals surface area contributed by atoms with Gasteiger partial charge in [0.25, 0.3) is 0 Å². The minimum atomic E-state index is 0.438. The van der Waals surface area contributed by atoms with E-state index >= 15 is 0 Å². The Bertz CT molecular complexity index is 415. The second kappa shape index (κ2) is 5.21. The number of benzene rings is 1. The number of anilines is 1. The average Bonchev–Trinajstić information content (AvgIpc) is 2.84. The summed E-state index contributed by atoms with van der Waals surface area (Å²) in [4.78, 5) is 0. The van der Waals surface area contributed by atoms with Crippen molar-refractivity contribution in [1.29, 1.82) is 0 Å². The van der Waals surface area contributed by atoms with Crippen molar-refractivity contribution in [2.75, 3.05) is 11.9 Å². The van der Waals surface area contributed by atoms with Crippen molar-refractivity contribution in [2.45, 2.75) is 6.42 Å². The summed E-state index contributed by atoms with van der Waals surface area (Å²) < 4.78 is 0. The molecule has 2 rings (SSSR count). The van der Waals surface area contributed by atoms with Crippen LogP contribution in [0.15, 0.2) is 66.0 Å². The van der Waals surface area contributed by atoms with Crippen molar-refractivity contribution < 1.29 is 5.11 Å². The number of hydrogen-bond donors (Lipinski definition) is 2. The van der Waals surface area contributed by atoms with Gasteiger partial charge in [-0.1, -0.05) is 42.5 Å². The number of nitrogens with one attached hydrogen (secondary N) is 1. The summed E-state index contributed by atoms with van der Waals surface area (Å²) in [6.07, 6.45) is 8.32. The van der Waals surface area contributed by atoms with E-state index in [1.54, 1.807) is 0 Å². The van der Waals surface area contributed by atoms with Gasteiger partial charge in [-0.05, 0) is 12.1 Å². The van der Waals surface area contributed by atoms with E-state index in [-0.39, 0.29) is 0 Å². The van der Waals surface area contributed by atoms with Gasteiger partial charge in [0.2, 0.25) is 0 Å². The van der Waals surface area contributed by atoms with Crippen LogP contribution in [-0.2, 0) is 0 Å². The predicted octanol–water partition coefficient (Wildman–Crippen LogP) is 3.43. The summed E-state index contributed by atoms with van der Waals surface area (Å²) in [5.74, 6) is 0.438. The SMILES string of the molecule is OC(CCNc1ccccc1)=C1C=CC=C1. The van der Waals surface area contributed by atoms with Crippen molar-refractivity contribution in [2.24, 2.45) is 0 Å². The maximum absolute atomic E-state index is 9.76. The quantitative estimate of drug-likeness (QED) is 0.751. The zero-order valence-corrected chi connectivity index (χ0v) is 9.06. The molecule has 2 nitrogen and oxygen atoms in total. The molecule has 0 amide bonds. The van der Waals surface area contributed by atoms with Gasteiger partial charge in [-0.25, -0.2) is 0 Å². The molecule has 0 radical (unpaired) electrons. The monoisotopic (exact) mass is 213 g/mol. The molecule has 1 aromatic carbocycles. The summed E-state index contributed by atoms with van der Waals surface area (Å²) in [5.41, 5.74) is 1.99. The summed E-state index contributed by atoms with van der Waals surface area (Å²) in [7, 11) is 0. The van der Waals surface area contributed by atoms with Gasteiger partial charge in [-0.2, -0.15) is 0 Å². The van der Waals surface area contributed by atoms with E-state index in [9.17, 15) is 5.11 Å². The second-order valence-corrected chi connectivity index (χ2v) is 3.66. The van der Waals surface area contributed by atoms with Crippen LogP contribution in [0.5, 0.6) is 0 Å². The number of aliphatic hydroxyl groups excluding tert-OH is 1. The predicted molar refractivity (Wildman–Crippen MR) is 67.5 cm³/mol. The van der Waals surface area contributed by atoms with Gasteiger partial charge in [-0.3, -0.25) is 0 Å². The van der Waals surface area contributed by atoms with Crippen LogP contribution in [-0.4, -0.2) is 11.7 Å². The highest BCUT2D eigenvalue weighted by atomic mass is 16.3. The highest BCUT2D eigenvalue weighted by Gasteiger charge is 2.01. The van der Waals surface area contributed by atoms with Gasteiger partial charge >= 0.3 is 0 Å². The topological polar surface area (TPSA) is 32.3 Å².